The average molecular weight is 551 g/mol. The van der Waals surface area contributed by atoms with E-state index in [1.165, 1.54) is 108 Å². The zero-order chi connectivity index (χ0) is 30.0. The van der Waals surface area contributed by atoms with Crippen LogP contribution in [0.3, 0.4) is 0 Å². The van der Waals surface area contributed by atoms with Gasteiger partial charge in [0.15, 0.2) is 0 Å². The van der Waals surface area contributed by atoms with Gasteiger partial charge in [0.25, 0.3) is 0 Å². The first kappa shape index (κ1) is 32.9. The number of hydrogen-bond donors (Lipinski definition) is 0. The van der Waals surface area contributed by atoms with E-state index in [4.69, 9.17) is 0 Å². The lowest BCUT2D eigenvalue weighted by Crippen LogP contribution is -2.30. The molecule has 0 amide bonds. The molecule has 2 unspecified atom stereocenters. The lowest BCUT2D eigenvalue weighted by Gasteiger charge is -2.39. The van der Waals surface area contributed by atoms with Gasteiger partial charge in [0.1, 0.15) is 0 Å². The van der Waals surface area contributed by atoms with Crippen LogP contribution in [0.4, 0.5) is 0 Å². The number of hydrogen-bond acceptors (Lipinski definition) is 0. The summed E-state index contributed by atoms with van der Waals surface area (Å²) in [6.07, 6.45) is 17.1. The highest BCUT2D eigenvalue weighted by molar-refractivity contribution is 6.07. The molecule has 3 aromatic rings. The fourth-order valence-electron chi connectivity index (χ4n) is 7.30. The van der Waals surface area contributed by atoms with Crippen LogP contribution in [0.25, 0.3) is 21.9 Å². The summed E-state index contributed by atoms with van der Waals surface area (Å²) in [6.45, 7) is 20.3. The van der Waals surface area contributed by atoms with Gasteiger partial charge in [-0.05, 0) is 104 Å². The minimum absolute atomic E-state index is 0.0797. The second-order valence-electron chi connectivity index (χ2n) is 12.7. The molecule has 0 fully saturated rings. The van der Waals surface area contributed by atoms with Crippen LogP contribution in [-0.2, 0) is 5.41 Å². The van der Waals surface area contributed by atoms with Gasteiger partial charge >= 0.3 is 0 Å². The third-order valence-corrected chi connectivity index (χ3v) is 9.53. The van der Waals surface area contributed by atoms with Crippen LogP contribution in [0.2, 0.25) is 0 Å². The molecule has 0 aromatic heterocycles. The van der Waals surface area contributed by atoms with Crippen molar-refractivity contribution in [2.45, 2.75) is 132 Å². The predicted octanol–water partition coefficient (Wildman–Crippen LogP) is 13.1. The highest BCUT2D eigenvalue weighted by Gasteiger charge is 2.46. The van der Waals surface area contributed by atoms with E-state index in [0.29, 0.717) is 0 Å². The molecule has 1 aliphatic rings. The minimum Gasteiger partial charge on any atom is -0.0919 e. The molecule has 3 aromatic carbocycles. The van der Waals surface area contributed by atoms with Crippen molar-refractivity contribution in [3.63, 3.8) is 0 Å². The zero-order valence-corrected chi connectivity index (χ0v) is 27.9. The topological polar surface area (TPSA) is 0 Å². The molecule has 222 valence electrons. The van der Waals surface area contributed by atoms with Gasteiger partial charge in [-0.25, -0.2) is 0 Å². The molecule has 0 saturated carbocycles. The largest absolute Gasteiger partial charge is 0.0919 e. The van der Waals surface area contributed by atoms with E-state index in [1.54, 1.807) is 11.1 Å². The van der Waals surface area contributed by atoms with Crippen LogP contribution >= 0.6 is 0 Å². The fourth-order valence-corrected chi connectivity index (χ4v) is 7.30. The third-order valence-electron chi connectivity index (χ3n) is 9.53. The Morgan fingerprint density at radius 2 is 1.37 bits per heavy atom. The summed E-state index contributed by atoms with van der Waals surface area (Å²) in [6, 6.07) is 19.2. The molecule has 0 bridgehead atoms. The van der Waals surface area contributed by atoms with Crippen LogP contribution in [0, 0.1) is 26.7 Å². The van der Waals surface area contributed by atoms with Crippen molar-refractivity contribution in [2.75, 3.05) is 0 Å². The maximum Gasteiger partial charge on any atom is 0.0226 e. The molecule has 41 heavy (non-hydrogen) atoms. The van der Waals surface area contributed by atoms with Gasteiger partial charge in [0.2, 0.25) is 0 Å². The summed E-state index contributed by atoms with van der Waals surface area (Å²) >= 11 is 0. The molecule has 0 aliphatic heterocycles. The monoisotopic (exact) mass is 550 g/mol. The molecule has 0 saturated heterocycles. The SMILES string of the molecule is C/C=C\C.CCCCCCC1(CC(CC)CCCC)C(c2ccc(C)cc2C)=C(C)c2ccc3cc(C)ccc3c21. The van der Waals surface area contributed by atoms with Crippen molar-refractivity contribution in [3.8, 4) is 0 Å². The fraction of sp³-hybridized carbons (Fsp3) is 0.512. The number of fused-ring (bicyclic) bond motifs is 3. The normalized spacial score (nSPS) is 17.2. The Labute approximate surface area is 253 Å². The highest BCUT2D eigenvalue weighted by Crippen LogP contribution is 2.59. The van der Waals surface area contributed by atoms with Crippen molar-refractivity contribution in [2.24, 2.45) is 5.92 Å². The van der Waals surface area contributed by atoms with E-state index in [2.05, 4.69) is 97.0 Å². The van der Waals surface area contributed by atoms with Crippen LogP contribution in [0.5, 0.6) is 0 Å². The zero-order valence-electron chi connectivity index (χ0n) is 27.9. The quantitative estimate of drug-likeness (QED) is 0.155. The third kappa shape index (κ3) is 7.43. The smallest absolute Gasteiger partial charge is 0.0226 e. The first-order valence-corrected chi connectivity index (χ1v) is 16.7. The van der Waals surface area contributed by atoms with E-state index in [-0.39, 0.29) is 5.41 Å². The summed E-state index contributed by atoms with van der Waals surface area (Å²) in [5, 5.41) is 2.90. The number of allylic oxidation sites excluding steroid dienone is 4. The van der Waals surface area contributed by atoms with Gasteiger partial charge in [-0.3, -0.25) is 0 Å². The summed E-state index contributed by atoms with van der Waals surface area (Å²) in [5.41, 5.74) is 12.0. The molecular weight excluding hydrogens is 492 g/mol. The second-order valence-corrected chi connectivity index (χ2v) is 12.7. The predicted molar refractivity (Wildman–Crippen MR) is 186 cm³/mol. The Bertz CT molecular complexity index is 1330. The second kappa shape index (κ2) is 15.6. The van der Waals surface area contributed by atoms with Crippen molar-refractivity contribution in [1.29, 1.82) is 0 Å². The van der Waals surface area contributed by atoms with Crippen molar-refractivity contribution in [3.05, 3.63) is 94.1 Å². The lowest BCUT2D eigenvalue weighted by atomic mass is 9.64. The summed E-state index contributed by atoms with van der Waals surface area (Å²) in [4.78, 5) is 0. The first-order valence-electron chi connectivity index (χ1n) is 16.7. The van der Waals surface area contributed by atoms with Gasteiger partial charge in [-0.2, -0.15) is 0 Å². The minimum atomic E-state index is 0.0797. The summed E-state index contributed by atoms with van der Waals surface area (Å²) in [7, 11) is 0. The lowest BCUT2D eigenvalue weighted by molar-refractivity contribution is 0.326. The van der Waals surface area contributed by atoms with E-state index in [0.717, 1.165) is 5.92 Å². The van der Waals surface area contributed by atoms with Gasteiger partial charge in [-0.1, -0.05) is 144 Å². The molecule has 0 nitrogen and oxygen atoms in total. The maximum absolute atomic E-state index is 2.46. The summed E-state index contributed by atoms with van der Waals surface area (Å²) < 4.78 is 0. The molecule has 0 heteroatoms. The van der Waals surface area contributed by atoms with Crippen LogP contribution in [0.15, 0.2) is 60.7 Å². The van der Waals surface area contributed by atoms with Crippen molar-refractivity contribution >= 4 is 21.9 Å². The van der Waals surface area contributed by atoms with E-state index in [1.807, 2.05) is 26.0 Å². The molecular formula is C41H58. The van der Waals surface area contributed by atoms with Crippen LogP contribution in [0.1, 0.15) is 139 Å². The van der Waals surface area contributed by atoms with E-state index < -0.39 is 0 Å². The molecule has 4 rings (SSSR count). The molecule has 2 atom stereocenters. The molecule has 0 N–H and O–H groups in total. The number of unbranched alkanes of at least 4 members (excludes halogenated alkanes) is 4. The van der Waals surface area contributed by atoms with Gasteiger partial charge in [0, 0.05) is 5.41 Å². The van der Waals surface area contributed by atoms with Gasteiger partial charge in [0.05, 0.1) is 0 Å². The molecule has 0 heterocycles. The molecule has 1 aliphatic carbocycles. The maximum atomic E-state index is 2.46. The van der Waals surface area contributed by atoms with Gasteiger partial charge < -0.3 is 0 Å². The Hall–Kier alpha value is -2.60. The van der Waals surface area contributed by atoms with Crippen molar-refractivity contribution < 1.29 is 0 Å². The number of benzene rings is 3. The van der Waals surface area contributed by atoms with E-state index in [9.17, 15) is 0 Å². The standard InChI is InChI=1S/C37H50.C4H8/c1-8-11-13-14-22-37(25-30(10-3)15-12-9-2)35(32-19-16-26(4)23-28(32)6)29(7)33-21-18-31-24-27(5)17-20-34(31)36(33)37;1-3-4-2/h16-21,23-24,30H,8-15,22,25H2,1-7H3;3-4H,1-2H3/b;4-3-. The Morgan fingerprint density at radius 3 is 2.00 bits per heavy atom. The molecule has 0 spiro atoms. The molecule has 0 radical (unpaired) electrons. The highest BCUT2D eigenvalue weighted by atomic mass is 14.5. The Balaban J connectivity index is 0.00000108. The Kier molecular flexibility index (Phi) is 12.5. The van der Waals surface area contributed by atoms with Gasteiger partial charge in [-0.15, -0.1) is 0 Å². The first-order chi connectivity index (χ1) is 19.8. The summed E-state index contributed by atoms with van der Waals surface area (Å²) in [5.74, 6) is 0.756. The Morgan fingerprint density at radius 1 is 0.707 bits per heavy atom. The number of rotatable bonds is 12. The van der Waals surface area contributed by atoms with Crippen LogP contribution in [-0.4, -0.2) is 0 Å². The van der Waals surface area contributed by atoms with Crippen LogP contribution < -0.4 is 0 Å². The average Bonchev–Trinajstić information content (AvgIpc) is 3.21. The van der Waals surface area contributed by atoms with Crippen molar-refractivity contribution in [1.82, 2.24) is 0 Å². The number of aryl methyl sites for hydroxylation is 3. The van der Waals surface area contributed by atoms with E-state index >= 15 is 0 Å².